The Balaban J connectivity index is 3.43. The summed E-state index contributed by atoms with van der Waals surface area (Å²) in [7, 11) is 0. The van der Waals surface area contributed by atoms with Gasteiger partial charge in [0.2, 0.25) is 0 Å². The molecule has 0 saturated carbocycles. The molecule has 0 aliphatic heterocycles. The van der Waals surface area contributed by atoms with Crippen molar-refractivity contribution >= 4 is 0 Å². The van der Waals surface area contributed by atoms with Crippen LogP contribution in [0.25, 0.3) is 0 Å². The summed E-state index contributed by atoms with van der Waals surface area (Å²) in [6.45, 7) is 3.72. The standard InChI is InChI=1S/C5H11NO3/c1-3-5(4-2)9-6(7)8/h5H,3-4H2,1-2H3. The van der Waals surface area contributed by atoms with Crippen LogP contribution in [0.5, 0.6) is 0 Å². The molecule has 0 aromatic carbocycles. The summed E-state index contributed by atoms with van der Waals surface area (Å²) in [6.07, 6.45) is 1.16. The third-order valence-corrected chi connectivity index (χ3v) is 1.15. The largest absolute Gasteiger partial charge is 0.311 e. The molecule has 54 valence electrons. The Morgan fingerprint density at radius 2 is 2.00 bits per heavy atom. The molecule has 0 saturated heterocycles. The van der Waals surface area contributed by atoms with Gasteiger partial charge in [0, 0.05) is 0 Å². The van der Waals surface area contributed by atoms with Gasteiger partial charge >= 0.3 is 0 Å². The summed E-state index contributed by atoms with van der Waals surface area (Å²) in [5.41, 5.74) is 0. The second kappa shape index (κ2) is 4.12. The number of hydrogen-bond donors (Lipinski definition) is 0. The first-order valence-corrected chi connectivity index (χ1v) is 3.01. The first-order chi connectivity index (χ1) is 4.20. The number of nitrogens with zero attached hydrogens (tertiary/aromatic N) is 1. The molecule has 4 nitrogen and oxygen atoms in total. The zero-order valence-electron chi connectivity index (χ0n) is 5.66. The summed E-state index contributed by atoms with van der Waals surface area (Å²) < 4.78 is 0. The molecule has 0 aromatic rings. The van der Waals surface area contributed by atoms with Crippen molar-refractivity contribution in [3.05, 3.63) is 10.1 Å². The summed E-state index contributed by atoms with van der Waals surface area (Å²) in [6, 6.07) is 0. The molecule has 0 fully saturated rings. The van der Waals surface area contributed by atoms with Crippen molar-refractivity contribution in [3.63, 3.8) is 0 Å². The second-order valence-electron chi connectivity index (χ2n) is 1.77. The van der Waals surface area contributed by atoms with E-state index in [4.69, 9.17) is 0 Å². The molecule has 0 bridgehead atoms. The van der Waals surface area contributed by atoms with Crippen LogP contribution in [0.3, 0.4) is 0 Å². The van der Waals surface area contributed by atoms with E-state index in [1.165, 1.54) is 0 Å². The van der Waals surface area contributed by atoms with Gasteiger partial charge in [-0.1, -0.05) is 13.8 Å². The van der Waals surface area contributed by atoms with Crippen LogP contribution in [0.4, 0.5) is 0 Å². The first kappa shape index (κ1) is 8.20. The lowest BCUT2D eigenvalue weighted by atomic mass is 10.2. The van der Waals surface area contributed by atoms with Crippen molar-refractivity contribution in [3.8, 4) is 0 Å². The van der Waals surface area contributed by atoms with Crippen molar-refractivity contribution in [2.75, 3.05) is 0 Å². The van der Waals surface area contributed by atoms with Crippen molar-refractivity contribution in [2.24, 2.45) is 0 Å². The van der Waals surface area contributed by atoms with Gasteiger partial charge in [-0.05, 0) is 12.8 Å². The molecular formula is C5H11NO3. The van der Waals surface area contributed by atoms with Gasteiger partial charge in [0.05, 0.1) is 0 Å². The minimum absolute atomic E-state index is 0.222. The van der Waals surface area contributed by atoms with Crippen LogP contribution < -0.4 is 0 Å². The third kappa shape index (κ3) is 3.76. The highest BCUT2D eigenvalue weighted by molar-refractivity contribution is 4.46. The van der Waals surface area contributed by atoms with Crippen LogP contribution in [0.15, 0.2) is 0 Å². The Morgan fingerprint density at radius 3 is 2.11 bits per heavy atom. The smallest absolute Gasteiger partial charge is 0.294 e. The molecule has 0 N–H and O–H groups in total. The van der Waals surface area contributed by atoms with Crippen molar-refractivity contribution < 1.29 is 9.92 Å². The predicted molar refractivity (Wildman–Crippen MR) is 32.4 cm³/mol. The van der Waals surface area contributed by atoms with Gasteiger partial charge in [-0.3, -0.25) is 0 Å². The molecule has 0 heterocycles. The molecule has 9 heavy (non-hydrogen) atoms. The Morgan fingerprint density at radius 1 is 1.56 bits per heavy atom. The Kier molecular flexibility index (Phi) is 3.75. The van der Waals surface area contributed by atoms with E-state index >= 15 is 0 Å². The fraction of sp³-hybridized carbons (Fsp3) is 1.00. The summed E-state index contributed by atoms with van der Waals surface area (Å²) in [5.74, 6) is 0. The summed E-state index contributed by atoms with van der Waals surface area (Å²) in [4.78, 5) is 14.0. The lowest BCUT2D eigenvalue weighted by Gasteiger charge is -2.07. The van der Waals surface area contributed by atoms with Crippen molar-refractivity contribution in [1.82, 2.24) is 0 Å². The highest BCUT2D eigenvalue weighted by Crippen LogP contribution is 2.01. The predicted octanol–water partition coefficient (Wildman–Crippen LogP) is 1.38. The van der Waals surface area contributed by atoms with Crippen LogP contribution in [0.1, 0.15) is 26.7 Å². The van der Waals surface area contributed by atoms with Gasteiger partial charge in [-0.2, -0.15) is 0 Å². The molecule has 0 atom stereocenters. The maximum absolute atomic E-state index is 9.71. The number of rotatable bonds is 4. The lowest BCUT2D eigenvalue weighted by Crippen LogP contribution is -2.14. The Labute approximate surface area is 53.9 Å². The van der Waals surface area contributed by atoms with E-state index in [9.17, 15) is 10.1 Å². The van der Waals surface area contributed by atoms with E-state index in [1.807, 2.05) is 13.8 Å². The third-order valence-electron chi connectivity index (χ3n) is 1.15. The maximum atomic E-state index is 9.71. The van der Waals surface area contributed by atoms with Gasteiger partial charge in [0.25, 0.3) is 5.09 Å². The molecule has 0 spiro atoms. The normalized spacial score (nSPS) is 9.67. The molecule has 0 amide bonds. The molecule has 0 radical (unpaired) electrons. The Bertz CT molecular complexity index is 90.2. The zero-order chi connectivity index (χ0) is 7.28. The quantitative estimate of drug-likeness (QED) is 0.430. The molecule has 4 heteroatoms. The molecule has 0 aliphatic rings. The fourth-order valence-electron chi connectivity index (χ4n) is 0.559. The van der Waals surface area contributed by atoms with E-state index in [0.717, 1.165) is 0 Å². The molecule has 0 rings (SSSR count). The topological polar surface area (TPSA) is 52.4 Å². The fourth-order valence-corrected chi connectivity index (χ4v) is 0.559. The minimum Gasteiger partial charge on any atom is -0.311 e. The average Bonchev–Trinajstić information content (AvgIpc) is 1.82. The van der Waals surface area contributed by atoms with Gasteiger partial charge in [0.1, 0.15) is 6.10 Å². The average molecular weight is 133 g/mol. The van der Waals surface area contributed by atoms with E-state index in [-0.39, 0.29) is 6.10 Å². The SMILES string of the molecule is CCC(CC)O[N+](=O)[O-]. The molecule has 0 unspecified atom stereocenters. The van der Waals surface area contributed by atoms with Crippen LogP contribution in [0.2, 0.25) is 0 Å². The Hall–Kier alpha value is -0.800. The second-order valence-corrected chi connectivity index (χ2v) is 1.77. The first-order valence-electron chi connectivity index (χ1n) is 3.01. The van der Waals surface area contributed by atoms with Gasteiger partial charge < -0.3 is 4.84 Å². The van der Waals surface area contributed by atoms with E-state index in [0.29, 0.717) is 12.8 Å². The minimum atomic E-state index is -0.738. The van der Waals surface area contributed by atoms with Crippen LogP contribution in [0, 0.1) is 10.1 Å². The number of hydrogen-bond acceptors (Lipinski definition) is 3. The summed E-state index contributed by atoms with van der Waals surface area (Å²) in [5, 5.41) is 8.97. The monoisotopic (exact) mass is 133 g/mol. The van der Waals surface area contributed by atoms with Gasteiger partial charge in [-0.15, -0.1) is 10.1 Å². The maximum Gasteiger partial charge on any atom is 0.294 e. The molecular weight excluding hydrogens is 122 g/mol. The van der Waals surface area contributed by atoms with Crippen LogP contribution in [-0.4, -0.2) is 11.2 Å². The molecule has 0 aliphatic carbocycles. The van der Waals surface area contributed by atoms with E-state index in [1.54, 1.807) is 0 Å². The molecule has 0 aromatic heterocycles. The van der Waals surface area contributed by atoms with Crippen molar-refractivity contribution in [1.29, 1.82) is 0 Å². The van der Waals surface area contributed by atoms with Gasteiger partial charge in [0.15, 0.2) is 0 Å². The zero-order valence-corrected chi connectivity index (χ0v) is 5.66. The lowest BCUT2D eigenvalue weighted by molar-refractivity contribution is -0.768. The van der Waals surface area contributed by atoms with E-state index < -0.39 is 5.09 Å². The van der Waals surface area contributed by atoms with Crippen LogP contribution in [-0.2, 0) is 4.84 Å². The van der Waals surface area contributed by atoms with E-state index in [2.05, 4.69) is 4.84 Å². The van der Waals surface area contributed by atoms with Crippen molar-refractivity contribution in [2.45, 2.75) is 32.8 Å². The van der Waals surface area contributed by atoms with Crippen LogP contribution >= 0.6 is 0 Å². The highest BCUT2D eigenvalue weighted by atomic mass is 17.0. The summed E-state index contributed by atoms with van der Waals surface area (Å²) >= 11 is 0. The van der Waals surface area contributed by atoms with Gasteiger partial charge in [-0.25, -0.2) is 0 Å². The highest BCUT2D eigenvalue weighted by Gasteiger charge is 2.06.